The van der Waals surface area contributed by atoms with Crippen LogP contribution in [0.3, 0.4) is 0 Å². The largest absolute Gasteiger partial charge is 0.395 e. The highest BCUT2D eigenvalue weighted by Crippen LogP contribution is 2.32. The zero-order chi connectivity index (χ0) is 17.4. The maximum atomic E-state index is 12.2. The number of carbonyl (C=O) groups is 1. The Morgan fingerprint density at radius 1 is 1.32 bits per heavy atom. The Morgan fingerprint density at radius 3 is 3.00 bits per heavy atom. The van der Waals surface area contributed by atoms with Gasteiger partial charge in [-0.1, -0.05) is 0 Å². The van der Waals surface area contributed by atoms with Gasteiger partial charge >= 0.3 is 0 Å². The first-order chi connectivity index (χ1) is 12.2. The maximum absolute atomic E-state index is 12.2. The summed E-state index contributed by atoms with van der Waals surface area (Å²) in [6, 6.07) is 11.6. The third-order valence-corrected chi connectivity index (χ3v) is 4.33. The van der Waals surface area contributed by atoms with Crippen LogP contribution in [0.5, 0.6) is 0 Å². The van der Waals surface area contributed by atoms with E-state index in [2.05, 4.69) is 21.4 Å². The van der Waals surface area contributed by atoms with E-state index in [9.17, 15) is 4.79 Å². The summed E-state index contributed by atoms with van der Waals surface area (Å²) in [7, 11) is 1.98. The molecule has 0 fully saturated rings. The number of rotatable bonds is 4. The van der Waals surface area contributed by atoms with E-state index in [1.807, 2.05) is 42.1 Å². The molecule has 0 radical (unpaired) electrons. The number of hydrogen-bond acceptors (Lipinski definition) is 3. The molecule has 4 aromatic rings. The monoisotopic (exact) mass is 334 g/mol. The number of aromatic nitrogens is 3. The number of aliphatic hydroxyl groups is 1. The van der Waals surface area contributed by atoms with Crippen LogP contribution in [0.25, 0.3) is 33.2 Å². The minimum absolute atomic E-state index is 0.0768. The van der Waals surface area contributed by atoms with E-state index >= 15 is 0 Å². The van der Waals surface area contributed by atoms with Crippen LogP contribution in [-0.2, 0) is 7.05 Å². The fraction of sp³-hybridized carbons (Fsp3) is 0.158. The van der Waals surface area contributed by atoms with Crippen LogP contribution in [0.15, 0.2) is 48.8 Å². The van der Waals surface area contributed by atoms with Crippen molar-refractivity contribution >= 4 is 27.8 Å². The van der Waals surface area contributed by atoms with Crippen LogP contribution in [0.4, 0.5) is 0 Å². The highest BCUT2D eigenvalue weighted by molar-refractivity contribution is 6.03. The number of carbonyl (C=O) groups excluding carboxylic acids is 1. The van der Waals surface area contributed by atoms with Gasteiger partial charge in [0.05, 0.1) is 6.61 Å². The molecule has 0 atom stereocenters. The highest BCUT2D eigenvalue weighted by Gasteiger charge is 2.14. The number of nitrogens with one attached hydrogen (secondary N) is 2. The quantitative estimate of drug-likeness (QED) is 0.536. The van der Waals surface area contributed by atoms with Gasteiger partial charge < -0.3 is 20.0 Å². The standard InChI is InChI=1S/C19H18N4O2/c1-23-11-15(16-10-12-3-2-6-20-18(12)22-16)14-9-13(4-5-17(14)23)19(25)21-7-8-24/h2-6,9-11,24H,7-8H2,1H3,(H,20,22)(H,21,25). The Labute approximate surface area is 144 Å². The lowest BCUT2D eigenvalue weighted by Gasteiger charge is -2.04. The van der Waals surface area contributed by atoms with E-state index < -0.39 is 0 Å². The second-order valence-electron chi connectivity index (χ2n) is 5.99. The Balaban J connectivity index is 1.84. The van der Waals surface area contributed by atoms with Gasteiger partial charge in [-0.05, 0) is 36.4 Å². The van der Waals surface area contributed by atoms with Gasteiger partial charge in [0.25, 0.3) is 5.91 Å². The number of pyridine rings is 1. The fourth-order valence-electron chi connectivity index (χ4n) is 3.12. The average molecular weight is 334 g/mol. The van der Waals surface area contributed by atoms with Crippen LogP contribution >= 0.6 is 0 Å². The molecule has 1 amide bonds. The van der Waals surface area contributed by atoms with Crippen molar-refractivity contribution in [3.63, 3.8) is 0 Å². The molecule has 0 saturated heterocycles. The summed E-state index contributed by atoms with van der Waals surface area (Å²) in [5.74, 6) is -0.191. The number of nitrogens with zero attached hydrogens (tertiary/aromatic N) is 2. The second-order valence-corrected chi connectivity index (χ2v) is 5.99. The number of aryl methyl sites for hydroxylation is 1. The number of aliphatic hydroxyl groups excluding tert-OH is 1. The molecule has 0 aliphatic carbocycles. The van der Waals surface area contributed by atoms with Crippen molar-refractivity contribution in [2.45, 2.75) is 0 Å². The van der Waals surface area contributed by atoms with Gasteiger partial charge in [-0.25, -0.2) is 4.98 Å². The molecule has 0 bridgehead atoms. The molecule has 4 rings (SSSR count). The van der Waals surface area contributed by atoms with Crippen molar-refractivity contribution in [1.29, 1.82) is 0 Å². The van der Waals surface area contributed by atoms with Crippen molar-refractivity contribution in [3.8, 4) is 11.3 Å². The molecule has 25 heavy (non-hydrogen) atoms. The minimum Gasteiger partial charge on any atom is -0.395 e. The Morgan fingerprint density at radius 2 is 2.20 bits per heavy atom. The van der Waals surface area contributed by atoms with E-state index in [1.165, 1.54) is 0 Å². The van der Waals surface area contributed by atoms with Crippen LogP contribution in [0.2, 0.25) is 0 Å². The summed E-state index contributed by atoms with van der Waals surface area (Å²) in [5, 5.41) is 13.6. The molecule has 126 valence electrons. The van der Waals surface area contributed by atoms with E-state index in [4.69, 9.17) is 5.11 Å². The number of H-pyrrole nitrogens is 1. The zero-order valence-corrected chi connectivity index (χ0v) is 13.8. The minimum atomic E-state index is -0.191. The Hall–Kier alpha value is -3.12. The molecule has 0 aliphatic heterocycles. The Bertz CT molecular complexity index is 1040. The molecular weight excluding hydrogens is 316 g/mol. The summed E-state index contributed by atoms with van der Waals surface area (Å²) in [4.78, 5) is 19.9. The number of amides is 1. The van der Waals surface area contributed by atoms with Crippen molar-refractivity contribution < 1.29 is 9.90 Å². The summed E-state index contributed by atoms with van der Waals surface area (Å²) in [6.45, 7) is 0.166. The molecule has 3 heterocycles. The smallest absolute Gasteiger partial charge is 0.251 e. The van der Waals surface area contributed by atoms with Crippen LogP contribution in [0, 0.1) is 0 Å². The van der Waals surface area contributed by atoms with Crippen LogP contribution < -0.4 is 5.32 Å². The van der Waals surface area contributed by atoms with Gasteiger partial charge in [-0.2, -0.15) is 0 Å². The zero-order valence-electron chi connectivity index (χ0n) is 13.8. The van der Waals surface area contributed by atoms with Gasteiger partial charge in [-0.3, -0.25) is 4.79 Å². The molecule has 3 aromatic heterocycles. The van der Waals surface area contributed by atoms with Gasteiger partial charge in [0.1, 0.15) is 5.65 Å². The summed E-state index contributed by atoms with van der Waals surface area (Å²) < 4.78 is 2.04. The fourth-order valence-corrected chi connectivity index (χ4v) is 3.12. The number of benzene rings is 1. The molecule has 0 unspecified atom stereocenters. The van der Waals surface area contributed by atoms with E-state index in [-0.39, 0.29) is 19.1 Å². The lowest BCUT2D eigenvalue weighted by molar-refractivity contribution is 0.0945. The van der Waals surface area contributed by atoms with Crippen molar-refractivity contribution in [2.75, 3.05) is 13.2 Å². The molecule has 1 aromatic carbocycles. The molecule has 6 nitrogen and oxygen atoms in total. The number of hydrogen-bond donors (Lipinski definition) is 3. The SMILES string of the molecule is Cn1cc(-c2cc3cccnc3[nH]2)c2cc(C(=O)NCCO)ccc21. The predicted octanol–water partition coefficient (Wildman–Crippen LogP) is 2.44. The lowest BCUT2D eigenvalue weighted by Crippen LogP contribution is -2.26. The molecule has 0 aliphatic rings. The maximum Gasteiger partial charge on any atom is 0.251 e. The van der Waals surface area contributed by atoms with Gasteiger partial charge in [-0.15, -0.1) is 0 Å². The Kier molecular flexibility index (Phi) is 3.74. The highest BCUT2D eigenvalue weighted by atomic mass is 16.3. The summed E-state index contributed by atoms with van der Waals surface area (Å²) >= 11 is 0. The number of aromatic amines is 1. The van der Waals surface area contributed by atoms with Crippen LogP contribution in [0.1, 0.15) is 10.4 Å². The van der Waals surface area contributed by atoms with Crippen molar-refractivity contribution in [3.05, 3.63) is 54.4 Å². The van der Waals surface area contributed by atoms with Gasteiger partial charge in [0, 0.05) is 59.1 Å². The number of fused-ring (bicyclic) bond motifs is 2. The van der Waals surface area contributed by atoms with E-state index in [0.29, 0.717) is 5.56 Å². The summed E-state index contributed by atoms with van der Waals surface area (Å²) in [6.07, 6.45) is 3.81. The van der Waals surface area contributed by atoms with Crippen LogP contribution in [-0.4, -0.2) is 38.7 Å². The molecular formula is C19H18N4O2. The van der Waals surface area contributed by atoms with Crippen molar-refractivity contribution in [2.24, 2.45) is 7.05 Å². The molecule has 0 saturated carbocycles. The summed E-state index contributed by atoms with van der Waals surface area (Å²) in [5.41, 5.74) is 4.44. The van der Waals surface area contributed by atoms with E-state index in [0.717, 1.165) is 33.2 Å². The van der Waals surface area contributed by atoms with E-state index in [1.54, 1.807) is 12.3 Å². The molecule has 0 spiro atoms. The van der Waals surface area contributed by atoms with Gasteiger partial charge in [0.2, 0.25) is 0 Å². The predicted molar refractivity (Wildman–Crippen MR) is 97.4 cm³/mol. The first kappa shape index (κ1) is 15.4. The van der Waals surface area contributed by atoms with Crippen molar-refractivity contribution in [1.82, 2.24) is 19.9 Å². The first-order valence-electron chi connectivity index (χ1n) is 8.09. The third kappa shape index (κ3) is 2.66. The lowest BCUT2D eigenvalue weighted by atomic mass is 10.1. The van der Waals surface area contributed by atoms with Gasteiger partial charge in [0.15, 0.2) is 0 Å². The first-order valence-corrected chi connectivity index (χ1v) is 8.09. The average Bonchev–Trinajstić information content (AvgIpc) is 3.20. The second kappa shape index (κ2) is 6.07. The molecule has 6 heteroatoms. The molecule has 3 N–H and O–H groups in total. The third-order valence-electron chi connectivity index (χ3n) is 4.33. The topological polar surface area (TPSA) is 82.9 Å². The normalized spacial score (nSPS) is 11.3.